The lowest BCUT2D eigenvalue weighted by Crippen LogP contribution is -2.37. The highest BCUT2D eigenvalue weighted by atomic mass is 16.5. The zero-order chi connectivity index (χ0) is 17.7. The Bertz CT molecular complexity index is 627. The van der Waals surface area contributed by atoms with E-state index in [0.717, 1.165) is 24.7 Å². The SMILES string of the molecule is CN=C(NCCc1ccccc1)NCc1ccc(OCCOC)cc1. The highest BCUT2D eigenvalue weighted by Crippen LogP contribution is 2.11. The number of ether oxygens (including phenoxy) is 2. The standard InChI is InChI=1S/C20H27N3O2/c1-21-20(22-13-12-17-6-4-3-5-7-17)23-16-18-8-10-19(11-9-18)25-15-14-24-2/h3-11H,12-16H2,1-2H3,(H2,21,22,23). The predicted molar refractivity (Wildman–Crippen MR) is 102 cm³/mol. The lowest BCUT2D eigenvalue weighted by atomic mass is 10.1. The second-order valence-electron chi connectivity index (χ2n) is 5.57. The fraction of sp³-hybridized carbons (Fsp3) is 0.350. The van der Waals surface area contributed by atoms with Gasteiger partial charge in [-0.1, -0.05) is 42.5 Å². The number of methoxy groups -OCH3 is 1. The molecule has 0 amide bonds. The molecule has 25 heavy (non-hydrogen) atoms. The van der Waals surface area contributed by atoms with Crippen molar-refractivity contribution in [1.82, 2.24) is 10.6 Å². The molecule has 2 aromatic carbocycles. The summed E-state index contributed by atoms with van der Waals surface area (Å²) < 4.78 is 10.5. The number of guanidine groups is 1. The Kier molecular flexibility index (Phi) is 8.35. The van der Waals surface area contributed by atoms with Gasteiger partial charge >= 0.3 is 0 Å². The van der Waals surface area contributed by atoms with E-state index in [1.807, 2.05) is 30.3 Å². The Morgan fingerprint density at radius 1 is 0.920 bits per heavy atom. The molecule has 0 fully saturated rings. The number of nitrogens with zero attached hydrogens (tertiary/aromatic N) is 1. The third-order valence-electron chi connectivity index (χ3n) is 3.71. The summed E-state index contributed by atoms with van der Waals surface area (Å²) in [6, 6.07) is 18.5. The molecule has 0 aromatic heterocycles. The van der Waals surface area contributed by atoms with E-state index in [1.54, 1.807) is 14.2 Å². The van der Waals surface area contributed by atoms with Gasteiger partial charge in [0.25, 0.3) is 0 Å². The lowest BCUT2D eigenvalue weighted by Gasteiger charge is -2.12. The van der Waals surface area contributed by atoms with Gasteiger partial charge in [-0.2, -0.15) is 0 Å². The van der Waals surface area contributed by atoms with Crippen LogP contribution < -0.4 is 15.4 Å². The molecule has 2 N–H and O–H groups in total. The molecule has 0 aliphatic carbocycles. The summed E-state index contributed by atoms with van der Waals surface area (Å²) in [5, 5.41) is 6.66. The number of benzene rings is 2. The van der Waals surface area contributed by atoms with E-state index in [4.69, 9.17) is 9.47 Å². The van der Waals surface area contributed by atoms with E-state index in [0.29, 0.717) is 19.8 Å². The van der Waals surface area contributed by atoms with Crippen LogP contribution in [0.4, 0.5) is 0 Å². The van der Waals surface area contributed by atoms with Gasteiger partial charge in [-0.3, -0.25) is 4.99 Å². The van der Waals surface area contributed by atoms with Crippen molar-refractivity contribution in [3.8, 4) is 5.75 Å². The second kappa shape index (κ2) is 11.1. The summed E-state index contributed by atoms with van der Waals surface area (Å²) in [6.07, 6.45) is 0.967. The molecule has 0 spiro atoms. The molecule has 0 bridgehead atoms. The molecule has 2 aromatic rings. The summed E-state index contributed by atoms with van der Waals surface area (Å²) >= 11 is 0. The van der Waals surface area contributed by atoms with Gasteiger partial charge in [0.05, 0.1) is 6.61 Å². The molecule has 2 rings (SSSR count). The van der Waals surface area contributed by atoms with Gasteiger partial charge in [0.1, 0.15) is 12.4 Å². The van der Waals surface area contributed by atoms with Gasteiger partial charge in [0.15, 0.2) is 5.96 Å². The Morgan fingerprint density at radius 3 is 2.36 bits per heavy atom. The Hall–Kier alpha value is -2.53. The van der Waals surface area contributed by atoms with Crippen molar-refractivity contribution in [2.45, 2.75) is 13.0 Å². The molecule has 0 aliphatic heterocycles. The van der Waals surface area contributed by atoms with Crippen LogP contribution in [-0.2, 0) is 17.7 Å². The van der Waals surface area contributed by atoms with Crippen molar-refractivity contribution in [3.63, 3.8) is 0 Å². The van der Waals surface area contributed by atoms with E-state index in [1.165, 1.54) is 11.1 Å². The van der Waals surface area contributed by atoms with Gasteiger partial charge in [-0.15, -0.1) is 0 Å². The number of rotatable bonds is 9. The molecular weight excluding hydrogens is 314 g/mol. The summed E-state index contributed by atoms with van der Waals surface area (Å²) in [5.74, 6) is 1.66. The average molecular weight is 341 g/mol. The highest BCUT2D eigenvalue weighted by molar-refractivity contribution is 5.79. The predicted octanol–water partition coefficient (Wildman–Crippen LogP) is 2.62. The van der Waals surface area contributed by atoms with Gasteiger partial charge in [0.2, 0.25) is 0 Å². The molecule has 0 atom stereocenters. The van der Waals surface area contributed by atoms with Gasteiger partial charge in [-0.25, -0.2) is 0 Å². The monoisotopic (exact) mass is 341 g/mol. The van der Waals surface area contributed by atoms with Crippen molar-refractivity contribution < 1.29 is 9.47 Å². The molecular formula is C20H27N3O2. The first kappa shape index (κ1) is 18.8. The maximum Gasteiger partial charge on any atom is 0.191 e. The Labute approximate surface area is 150 Å². The quantitative estimate of drug-likeness (QED) is 0.418. The fourth-order valence-corrected chi connectivity index (χ4v) is 2.32. The molecule has 0 saturated heterocycles. The summed E-state index contributed by atoms with van der Waals surface area (Å²) in [6.45, 7) is 2.71. The minimum Gasteiger partial charge on any atom is -0.491 e. The first-order valence-electron chi connectivity index (χ1n) is 8.51. The van der Waals surface area contributed by atoms with E-state index in [2.05, 4.69) is 39.9 Å². The van der Waals surface area contributed by atoms with Crippen LogP contribution in [0.3, 0.4) is 0 Å². The molecule has 0 saturated carbocycles. The zero-order valence-corrected chi connectivity index (χ0v) is 15.0. The van der Waals surface area contributed by atoms with Crippen LogP contribution in [0.2, 0.25) is 0 Å². The third-order valence-corrected chi connectivity index (χ3v) is 3.71. The summed E-state index contributed by atoms with van der Waals surface area (Å²) in [5.41, 5.74) is 2.49. The second-order valence-corrected chi connectivity index (χ2v) is 5.57. The topological polar surface area (TPSA) is 54.9 Å². The van der Waals surface area contributed by atoms with Crippen LogP contribution in [0.25, 0.3) is 0 Å². The van der Waals surface area contributed by atoms with Crippen LogP contribution in [-0.4, -0.2) is 39.9 Å². The lowest BCUT2D eigenvalue weighted by molar-refractivity contribution is 0.146. The molecule has 0 heterocycles. The first-order valence-corrected chi connectivity index (χ1v) is 8.51. The molecule has 0 unspecified atom stereocenters. The number of hydrogen-bond donors (Lipinski definition) is 2. The van der Waals surface area contributed by atoms with E-state index >= 15 is 0 Å². The van der Waals surface area contributed by atoms with Gasteiger partial charge in [-0.05, 0) is 29.7 Å². The van der Waals surface area contributed by atoms with Gasteiger partial charge < -0.3 is 20.1 Å². The van der Waals surface area contributed by atoms with Crippen LogP contribution in [0.1, 0.15) is 11.1 Å². The van der Waals surface area contributed by atoms with Crippen molar-refractivity contribution >= 4 is 5.96 Å². The zero-order valence-electron chi connectivity index (χ0n) is 15.0. The average Bonchev–Trinajstić information content (AvgIpc) is 2.66. The summed E-state index contributed by atoms with van der Waals surface area (Å²) in [7, 11) is 3.45. The Balaban J connectivity index is 1.71. The minimum absolute atomic E-state index is 0.562. The van der Waals surface area contributed by atoms with Crippen LogP contribution >= 0.6 is 0 Å². The van der Waals surface area contributed by atoms with E-state index < -0.39 is 0 Å². The number of aliphatic imine (C=N–C) groups is 1. The van der Waals surface area contributed by atoms with Crippen LogP contribution in [0, 0.1) is 0 Å². The molecule has 5 nitrogen and oxygen atoms in total. The third kappa shape index (κ3) is 7.27. The molecule has 0 radical (unpaired) electrons. The largest absolute Gasteiger partial charge is 0.491 e. The van der Waals surface area contributed by atoms with Crippen molar-refractivity contribution in [2.24, 2.45) is 4.99 Å². The van der Waals surface area contributed by atoms with E-state index in [9.17, 15) is 0 Å². The maximum absolute atomic E-state index is 5.56. The van der Waals surface area contributed by atoms with Crippen LogP contribution in [0.15, 0.2) is 59.6 Å². The smallest absolute Gasteiger partial charge is 0.191 e. The van der Waals surface area contributed by atoms with Crippen LogP contribution in [0.5, 0.6) is 5.75 Å². The number of nitrogens with one attached hydrogen (secondary N) is 2. The Morgan fingerprint density at radius 2 is 1.68 bits per heavy atom. The van der Waals surface area contributed by atoms with Crippen molar-refractivity contribution in [2.75, 3.05) is 33.9 Å². The highest BCUT2D eigenvalue weighted by Gasteiger charge is 2.00. The normalized spacial score (nSPS) is 11.2. The molecule has 134 valence electrons. The van der Waals surface area contributed by atoms with E-state index in [-0.39, 0.29) is 0 Å². The van der Waals surface area contributed by atoms with Crippen molar-refractivity contribution in [3.05, 3.63) is 65.7 Å². The molecule has 5 heteroatoms. The minimum atomic E-state index is 0.562. The van der Waals surface area contributed by atoms with Gasteiger partial charge in [0, 0.05) is 27.2 Å². The fourth-order valence-electron chi connectivity index (χ4n) is 2.32. The first-order chi connectivity index (χ1) is 12.3. The molecule has 0 aliphatic rings. The van der Waals surface area contributed by atoms with Crippen molar-refractivity contribution in [1.29, 1.82) is 0 Å². The summed E-state index contributed by atoms with van der Waals surface area (Å²) in [4.78, 5) is 4.26. The number of hydrogen-bond acceptors (Lipinski definition) is 3. The maximum atomic E-state index is 5.56.